The van der Waals surface area contributed by atoms with Crippen molar-refractivity contribution in [2.45, 2.75) is 6.18 Å². The summed E-state index contributed by atoms with van der Waals surface area (Å²) in [6.45, 7) is 7.78. The van der Waals surface area contributed by atoms with Crippen molar-refractivity contribution in [1.82, 2.24) is 9.13 Å². The van der Waals surface area contributed by atoms with E-state index in [1.165, 1.54) is 12.1 Å². The Kier molecular flexibility index (Phi) is 8.70. The van der Waals surface area contributed by atoms with E-state index < -0.39 is 11.7 Å². The van der Waals surface area contributed by atoms with E-state index in [0.29, 0.717) is 39.2 Å². The number of alkyl halides is 3. The minimum atomic E-state index is -4.84. The molecule has 0 radical (unpaired) electrons. The van der Waals surface area contributed by atoms with Crippen LogP contribution in [0.1, 0.15) is 22.3 Å². The standard InChI is InChI=1S/C53H27F3N6/c1-60-46-15-7-4-12-38(46)34-20-23-50-43(26-34)41-14-6-9-17-48(41)62(50)52-27-36(31-59)51(28-44(52)39-21-18-32(29-57)24-45(39)53(54,55)56)61-47-16-8-5-13-40(47)42-25-33(19-22-49(42)61)37-11-3-2-10-35(37)30-58/h2-28H. The van der Waals surface area contributed by atoms with E-state index in [2.05, 4.69) is 17.0 Å². The number of hydrogen-bond acceptors (Lipinski definition) is 3. The lowest BCUT2D eigenvalue weighted by atomic mass is 9.93. The van der Waals surface area contributed by atoms with Gasteiger partial charge in [0.1, 0.15) is 6.07 Å². The van der Waals surface area contributed by atoms with Crippen LogP contribution in [0.5, 0.6) is 0 Å². The first-order valence-electron chi connectivity index (χ1n) is 19.5. The average Bonchev–Trinajstić information content (AvgIpc) is 3.82. The normalized spacial score (nSPS) is 11.4. The van der Waals surface area contributed by atoms with Crippen molar-refractivity contribution in [2.24, 2.45) is 0 Å². The lowest BCUT2D eigenvalue weighted by molar-refractivity contribution is -0.137. The van der Waals surface area contributed by atoms with Gasteiger partial charge < -0.3 is 9.13 Å². The Bertz CT molecular complexity index is 3690. The second-order valence-corrected chi connectivity index (χ2v) is 14.8. The highest BCUT2D eigenvalue weighted by Crippen LogP contribution is 2.46. The van der Waals surface area contributed by atoms with Crippen LogP contribution in [0.15, 0.2) is 164 Å². The van der Waals surface area contributed by atoms with Gasteiger partial charge in [-0.3, -0.25) is 0 Å². The Morgan fingerprint density at radius 2 is 1.00 bits per heavy atom. The highest BCUT2D eigenvalue weighted by atomic mass is 19.4. The van der Waals surface area contributed by atoms with Gasteiger partial charge in [0.05, 0.1) is 74.4 Å². The van der Waals surface area contributed by atoms with Crippen LogP contribution >= 0.6 is 0 Å². The van der Waals surface area contributed by atoms with E-state index >= 15 is 13.2 Å². The van der Waals surface area contributed by atoms with Crippen LogP contribution in [0.4, 0.5) is 18.9 Å². The molecule has 9 heteroatoms. The third-order valence-electron chi connectivity index (χ3n) is 11.5. The Morgan fingerprint density at radius 3 is 1.61 bits per heavy atom. The van der Waals surface area contributed by atoms with Crippen LogP contribution in [0, 0.1) is 40.6 Å². The largest absolute Gasteiger partial charge is 0.417 e. The molecule has 0 N–H and O–H groups in total. The predicted octanol–water partition coefficient (Wildman–Crippen LogP) is 14.1. The third kappa shape index (κ3) is 5.85. The van der Waals surface area contributed by atoms with Crippen molar-refractivity contribution in [2.75, 3.05) is 0 Å². The maximum absolute atomic E-state index is 15.3. The molecular weight excluding hydrogens is 778 g/mol. The summed E-state index contributed by atoms with van der Waals surface area (Å²) in [6, 6.07) is 54.8. The summed E-state index contributed by atoms with van der Waals surface area (Å²) >= 11 is 0. The Balaban J connectivity index is 1.31. The van der Waals surface area contributed by atoms with E-state index in [1.807, 2.05) is 137 Å². The van der Waals surface area contributed by atoms with Gasteiger partial charge in [0.2, 0.25) is 0 Å². The molecule has 10 rings (SSSR count). The number of nitrogens with zero attached hydrogens (tertiary/aromatic N) is 6. The molecule has 8 aromatic carbocycles. The van der Waals surface area contributed by atoms with Crippen molar-refractivity contribution >= 4 is 49.3 Å². The molecule has 0 amide bonds. The number of fused-ring (bicyclic) bond motifs is 6. The van der Waals surface area contributed by atoms with Gasteiger partial charge >= 0.3 is 6.18 Å². The molecule has 0 bridgehead atoms. The van der Waals surface area contributed by atoms with Crippen LogP contribution in [0.25, 0.3) is 93.2 Å². The third-order valence-corrected chi connectivity index (χ3v) is 11.5. The van der Waals surface area contributed by atoms with Crippen LogP contribution < -0.4 is 0 Å². The molecule has 2 aromatic heterocycles. The number of nitriles is 3. The summed E-state index contributed by atoms with van der Waals surface area (Å²) in [7, 11) is 0. The van der Waals surface area contributed by atoms with Gasteiger partial charge in [0, 0.05) is 27.1 Å². The van der Waals surface area contributed by atoms with E-state index in [9.17, 15) is 15.8 Å². The molecule has 62 heavy (non-hydrogen) atoms. The molecule has 0 aliphatic carbocycles. The fraction of sp³-hybridized carbons (Fsp3) is 0.0189. The number of halogens is 3. The number of aromatic nitrogens is 2. The van der Waals surface area contributed by atoms with Gasteiger partial charge in [0.15, 0.2) is 5.69 Å². The number of hydrogen-bond donors (Lipinski definition) is 0. The zero-order valence-electron chi connectivity index (χ0n) is 32.4. The molecule has 0 aliphatic heterocycles. The van der Waals surface area contributed by atoms with Crippen LogP contribution in [0.2, 0.25) is 0 Å². The zero-order valence-corrected chi connectivity index (χ0v) is 32.4. The lowest BCUT2D eigenvalue weighted by Crippen LogP contribution is -2.10. The minimum absolute atomic E-state index is 0.142. The predicted molar refractivity (Wildman–Crippen MR) is 237 cm³/mol. The van der Waals surface area contributed by atoms with Crippen LogP contribution in [0.3, 0.4) is 0 Å². The molecular formula is C53H27F3N6. The van der Waals surface area contributed by atoms with Crippen molar-refractivity contribution in [3.63, 3.8) is 0 Å². The van der Waals surface area contributed by atoms with Gasteiger partial charge in [-0.1, -0.05) is 97.1 Å². The average molecular weight is 805 g/mol. The van der Waals surface area contributed by atoms with Crippen molar-refractivity contribution < 1.29 is 13.2 Å². The zero-order chi connectivity index (χ0) is 42.7. The van der Waals surface area contributed by atoms with E-state index in [1.54, 1.807) is 24.3 Å². The SMILES string of the molecule is [C-]#[N+]c1ccccc1-c1ccc2c(c1)c1ccccc1n2-c1cc(C#N)c(-n2c3ccccc3c3cc(-c4ccccc4C#N)ccc32)cc1-c1ccc(C#N)cc1C(F)(F)F. The first-order chi connectivity index (χ1) is 30.2. The summed E-state index contributed by atoms with van der Waals surface area (Å²) in [4.78, 5) is 3.73. The highest BCUT2D eigenvalue weighted by Gasteiger charge is 2.35. The molecule has 0 saturated carbocycles. The lowest BCUT2D eigenvalue weighted by Gasteiger charge is -2.21. The first kappa shape index (κ1) is 37.4. The second kappa shape index (κ2) is 14.4. The second-order valence-electron chi connectivity index (χ2n) is 14.8. The molecule has 10 aromatic rings. The highest BCUT2D eigenvalue weighted by molar-refractivity contribution is 6.13. The molecule has 290 valence electrons. The topological polar surface area (TPSA) is 85.6 Å². The molecule has 2 heterocycles. The molecule has 0 fully saturated rings. The summed E-state index contributed by atoms with van der Waals surface area (Å²) in [5, 5.41) is 34.0. The Morgan fingerprint density at radius 1 is 0.452 bits per heavy atom. The maximum Gasteiger partial charge on any atom is 0.417 e. The van der Waals surface area contributed by atoms with Crippen molar-refractivity contribution in [3.8, 4) is 63.0 Å². The monoisotopic (exact) mass is 804 g/mol. The Hall–Kier alpha value is -8.89. The number of rotatable bonds is 5. The smallest absolute Gasteiger partial charge is 0.309 e. The minimum Gasteiger partial charge on any atom is -0.309 e. The van der Waals surface area contributed by atoms with Gasteiger partial charge in [-0.2, -0.15) is 29.0 Å². The van der Waals surface area contributed by atoms with Crippen molar-refractivity contribution in [1.29, 1.82) is 15.8 Å². The summed E-state index contributed by atoms with van der Waals surface area (Å²) in [5.74, 6) is 0. The molecule has 0 unspecified atom stereocenters. The molecule has 0 atom stereocenters. The summed E-state index contributed by atoms with van der Waals surface area (Å²) in [5.41, 5.74) is 6.72. The van der Waals surface area contributed by atoms with Gasteiger partial charge in [-0.25, -0.2) is 4.85 Å². The fourth-order valence-electron chi connectivity index (χ4n) is 8.78. The molecule has 0 aliphatic rings. The first-order valence-corrected chi connectivity index (χ1v) is 19.5. The summed E-state index contributed by atoms with van der Waals surface area (Å²) < 4.78 is 49.5. The fourth-order valence-corrected chi connectivity index (χ4v) is 8.78. The Labute approximate surface area is 352 Å². The number of benzene rings is 8. The summed E-state index contributed by atoms with van der Waals surface area (Å²) in [6.07, 6.45) is -4.84. The molecule has 0 spiro atoms. The maximum atomic E-state index is 15.3. The number of para-hydroxylation sites is 3. The molecule has 0 saturated heterocycles. The van der Waals surface area contributed by atoms with Gasteiger partial charge in [-0.15, -0.1) is 0 Å². The van der Waals surface area contributed by atoms with Crippen LogP contribution in [-0.4, -0.2) is 9.13 Å². The van der Waals surface area contributed by atoms with Gasteiger partial charge in [0.25, 0.3) is 0 Å². The van der Waals surface area contributed by atoms with E-state index in [0.717, 1.165) is 55.4 Å². The van der Waals surface area contributed by atoms with Gasteiger partial charge in [-0.05, 0) is 94.5 Å². The van der Waals surface area contributed by atoms with E-state index in [4.69, 9.17) is 6.57 Å². The van der Waals surface area contributed by atoms with Crippen LogP contribution in [-0.2, 0) is 6.18 Å². The van der Waals surface area contributed by atoms with Crippen molar-refractivity contribution in [3.05, 3.63) is 197 Å². The van der Waals surface area contributed by atoms with E-state index in [-0.39, 0.29) is 22.3 Å². The quantitative estimate of drug-likeness (QED) is 0.162. The molecule has 6 nitrogen and oxygen atoms in total.